The zero-order valence-electron chi connectivity index (χ0n) is 15.4. The molecule has 0 aliphatic rings. The van der Waals surface area contributed by atoms with Crippen molar-refractivity contribution < 1.29 is 12.8 Å². The molecule has 5 N–H and O–H groups in total. The molecule has 1 heterocycles. The Morgan fingerprint density at radius 2 is 2.07 bits per heavy atom. The van der Waals surface area contributed by atoms with E-state index in [0.29, 0.717) is 29.3 Å². The predicted molar refractivity (Wildman–Crippen MR) is 114 cm³/mol. The van der Waals surface area contributed by atoms with Crippen molar-refractivity contribution in [3.05, 3.63) is 28.7 Å². The van der Waals surface area contributed by atoms with Crippen molar-refractivity contribution in [3.8, 4) is 0 Å². The molecule has 0 saturated heterocycles. The summed E-state index contributed by atoms with van der Waals surface area (Å²) < 4.78 is 45.5. The highest BCUT2D eigenvalue weighted by atomic mass is 79.9. The van der Waals surface area contributed by atoms with Crippen molar-refractivity contribution in [1.29, 1.82) is 0 Å². The minimum absolute atomic E-state index is 0.0760. The van der Waals surface area contributed by atoms with Crippen LogP contribution in [-0.2, 0) is 10.0 Å². The first kappa shape index (κ1) is 22.9. The third-order valence-electron chi connectivity index (χ3n) is 3.91. The lowest BCUT2D eigenvalue weighted by Crippen LogP contribution is -2.29. The highest BCUT2D eigenvalue weighted by Gasteiger charge is 2.22. The molecule has 156 valence electrons. The molecule has 2 rings (SSSR count). The Balaban J connectivity index is 1.89. The van der Waals surface area contributed by atoms with E-state index < -0.39 is 20.7 Å². The lowest BCUT2D eigenvalue weighted by atomic mass is 10.2. The SMILES string of the molecule is CC(CCN)NCCCCNc1cc(F)c(S(=O)(=O)Nc2ncns2)cc1Br. The monoisotopic (exact) mass is 494 g/mol. The summed E-state index contributed by atoms with van der Waals surface area (Å²) in [7, 11) is -4.09. The second kappa shape index (κ2) is 11.0. The number of nitrogens with zero attached hydrogens (tertiary/aromatic N) is 2. The van der Waals surface area contributed by atoms with Crippen LogP contribution in [0.15, 0.2) is 27.8 Å². The van der Waals surface area contributed by atoms with Crippen LogP contribution in [0.25, 0.3) is 0 Å². The molecule has 1 atom stereocenters. The minimum atomic E-state index is -4.09. The van der Waals surface area contributed by atoms with E-state index in [1.54, 1.807) is 0 Å². The molecule has 1 aromatic heterocycles. The van der Waals surface area contributed by atoms with Crippen LogP contribution in [0.1, 0.15) is 26.2 Å². The van der Waals surface area contributed by atoms with Crippen LogP contribution in [0.2, 0.25) is 0 Å². The molecule has 0 radical (unpaired) electrons. The molecule has 12 heteroatoms. The smallest absolute Gasteiger partial charge is 0.266 e. The summed E-state index contributed by atoms with van der Waals surface area (Å²) in [6, 6.07) is 2.79. The number of rotatable bonds is 12. The number of unbranched alkanes of at least 4 members (excludes halogenated alkanes) is 1. The molecule has 8 nitrogen and oxygen atoms in total. The van der Waals surface area contributed by atoms with Gasteiger partial charge in [-0.05, 0) is 67.3 Å². The summed E-state index contributed by atoms with van der Waals surface area (Å²) in [6.45, 7) is 4.28. The maximum Gasteiger partial charge on any atom is 0.266 e. The van der Waals surface area contributed by atoms with Gasteiger partial charge in [0.25, 0.3) is 10.0 Å². The van der Waals surface area contributed by atoms with E-state index in [-0.39, 0.29) is 5.13 Å². The third-order valence-corrected chi connectivity index (χ3v) is 6.62. The summed E-state index contributed by atoms with van der Waals surface area (Å²) in [5, 5.41) is 6.58. The van der Waals surface area contributed by atoms with Gasteiger partial charge in [-0.25, -0.2) is 17.8 Å². The predicted octanol–water partition coefficient (Wildman–Crippen LogP) is 2.76. The average molecular weight is 495 g/mol. The molecule has 1 aromatic carbocycles. The number of benzene rings is 1. The van der Waals surface area contributed by atoms with Gasteiger partial charge >= 0.3 is 0 Å². The van der Waals surface area contributed by atoms with E-state index in [2.05, 4.69) is 47.6 Å². The zero-order chi connectivity index (χ0) is 20.6. The number of sulfonamides is 1. The molecule has 28 heavy (non-hydrogen) atoms. The molecule has 2 aromatic rings. The maximum atomic E-state index is 14.4. The van der Waals surface area contributed by atoms with Crippen molar-refractivity contribution in [2.45, 2.75) is 37.1 Å². The van der Waals surface area contributed by atoms with Crippen LogP contribution in [0.3, 0.4) is 0 Å². The molecule has 0 amide bonds. The number of nitrogens with two attached hydrogens (primary N) is 1. The second-order valence-electron chi connectivity index (χ2n) is 6.18. The van der Waals surface area contributed by atoms with Gasteiger partial charge in [0.1, 0.15) is 17.0 Å². The summed E-state index contributed by atoms with van der Waals surface area (Å²) in [5.74, 6) is -0.847. The first-order valence-electron chi connectivity index (χ1n) is 8.79. The Labute approximate surface area is 176 Å². The van der Waals surface area contributed by atoms with Crippen LogP contribution in [0.5, 0.6) is 0 Å². The summed E-state index contributed by atoms with van der Waals surface area (Å²) in [5.41, 5.74) is 6.01. The van der Waals surface area contributed by atoms with Crippen LogP contribution >= 0.6 is 27.5 Å². The van der Waals surface area contributed by atoms with E-state index in [9.17, 15) is 12.8 Å². The van der Waals surface area contributed by atoms with E-state index >= 15 is 0 Å². The second-order valence-corrected chi connectivity index (χ2v) is 9.47. The van der Waals surface area contributed by atoms with Gasteiger partial charge in [0.2, 0.25) is 5.13 Å². The van der Waals surface area contributed by atoms with Gasteiger partial charge in [-0.15, -0.1) is 0 Å². The minimum Gasteiger partial charge on any atom is -0.384 e. The molecular formula is C16H24BrFN6O2S2. The zero-order valence-corrected chi connectivity index (χ0v) is 18.6. The van der Waals surface area contributed by atoms with E-state index in [1.165, 1.54) is 18.5 Å². The highest BCUT2D eigenvalue weighted by molar-refractivity contribution is 9.10. The molecule has 0 spiro atoms. The maximum absolute atomic E-state index is 14.4. The Bertz CT molecular complexity index is 851. The normalized spacial score (nSPS) is 12.7. The van der Waals surface area contributed by atoms with Gasteiger partial charge in [-0.3, -0.25) is 4.72 Å². The quantitative estimate of drug-likeness (QED) is 0.334. The Kier molecular flexibility index (Phi) is 9.02. The first-order valence-corrected chi connectivity index (χ1v) is 11.8. The Hall–Kier alpha value is -1.34. The molecule has 0 bridgehead atoms. The lowest BCUT2D eigenvalue weighted by molar-refractivity contribution is 0.507. The summed E-state index contributed by atoms with van der Waals surface area (Å²) in [6.07, 6.45) is 4.00. The number of halogens is 2. The van der Waals surface area contributed by atoms with Gasteiger partial charge in [-0.1, -0.05) is 0 Å². The van der Waals surface area contributed by atoms with Gasteiger partial charge in [0.05, 0.1) is 5.69 Å². The van der Waals surface area contributed by atoms with Gasteiger partial charge in [0, 0.05) is 28.6 Å². The molecular weight excluding hydrogens is 471 g/mol. The molecule has 0 aliphatic carbocycles. The molecule has 0 aliphatic heterocycles. The van der Waals surface area contributed by atoms with Crippen LogP contribution in [0.4, 0.5) is 15.2 Å². The number of hydrogen-bond donors (Lipinski definition) is 4. The fourth-order valence-corrected chi connectivity index (χ4v) is 4.81. The van der Waals surface area contributed by atoms with Crippen molar-refractivity contribution in [2.24, 2.45) is 5.73 Å². The largest absolute Gasteiger partial charge is 0.384 e. The topological polar surface area (TPSA) is 122 Å². The van der Waals surface area contributed by atoms with Gasteiger partial charge in [-0.2, -0.15) is 4.37 Å². The van der Waals surface area contributed by atoms with Crippen molar-refractivity contribution >= 4 is 48.3 Å². The Morgan fingerprint density at radius 1 is 1.32 bits per heavy atom. The van der Waals surface area contributed by atoms with Crippen LogP contribution < -0.4 is 21.1 Å². The van der Waals surface area contributed by atoms with E-state index in [4.69, 9.17) is 5.73 Å². The third kappa shape index (κ3) is 6.92. The van der Waals surface area contributed by atoms with E-state index in [1.807, 2.05) is 0 Å². The van der Waals surface area contributed by atoms with Crippen molar-refractivity contribution in [1.82, 2.24) is 14.7 Å². The summed E-state index contributed by atoms with van der Waals surface area (Å²) in [4.78, 5) is 3.28. The highest BCUT2D eigenvalue weighted by Crippen LogP contribution is 2.29. The standard InChI is InChI=1S/C16H24BrFN6O2S2/c1-11(4-5-19)20-6-2-3-7-21-14-9-13(18)15(8-12(14)17)28(25,26)24-16-22-10-23-27-16/h8-11,20-21H,2-7,19H2,1H3,(H,22,23,24). The van der Waals surface area contributed by atoms with Crippen LogP contribution in [0, 0.1) is 5.82 Å². The van der Waals surface area contributed by atoms with Crippen LogP contribution in [-0.4, -0.2) is 43.5 Å². The van der Waals surface area contributed by atoms with Gasteiger partial charge < -0.3 is 16.4 Å². The first-order chi connectivity index (χ1) is 13.3. The summed E-state index contributed by atoms with van der Waals surface area (Å²) >= 11 is 4.17. The fraction of sp³-hybridized carbons (Fsp3) is 0.500. The average Bonchev–Trinajstić information content (AvgIpc) is 3.12. The van der Waals surface area contributed by atoms with Crippen molar-refractivity contribution in [3.63, 3.8) is 0 Å². The Morgan fingerprint density at radius 3 is 2.75 bits per heavy atom. The molecule has 1 unspecified atom stereocenters. The number of nitrogens with one attached hydrogen (secondary N) is 3. The fourth-order valence-electron chi connectivity index (χ4n) is 2.43. The van der Waals surface area contributed by atoms with Crippen molar-refractivity contribution in [2.75, 3.05) is 29.7 Å². The number of anilines is 2. The lowest BCUT2D eigenvalue weighted by Gasteiger charge is -2.14. The molecule has 0 fully saturated rings. The number of hydrogen-bond acceptors (Lipinski definition) is 8. The van der Waals surface area contributed by atoms with E-state index in [0.717, 1.165) is 37.3 Å². The number of aromatic nitrogens is 2. The van der Waals surface area contributed by atoms with Gasteiger partial charge in [0.15, 0.2) is 0 Å². The molecule has 0 saturated carbocycles.